The van der Waals surface area contributed by atoms with Crippen LogP contribution in [0.15, 0.2) is 42.6 Å². The number of esters is 1. The summed E-state index contributed by atoms with van der Waals surface area (Å²) in [5.74, 6) is -0.705. The van der Waals surface area contributed by atoms with Gasteiger partial charge in [-0.2, -0.15) is 5.10 Å². The van der Waals surface area contributed by atoms with Crippen LogP contribution in [-0.4, -0.2) is 22.9 Å². The molecule has 0 saturated carbocycles. The number of aryl methyl sites for hydroxylation is 1. The van der Waals surface area contributed by atoms with E-state index in [2.05, 4.69) is 5.10 Å². The molecule has 4 nitrogen and oxygen atoms in total. The number of benzene rings is 2. The summed E-state index contributed by atoms with van der Waals surface area (Å²) >= 11 is 0. The molecule has 0 atom stereocenters. The van der Waals surface area contributed by atoms with E-state index in [4.69, 9.17) is 4.74 Å². The van der Waals surface area contributed by atoms with E-state index < -0.39 is 5.97 Å². The van der Waals surface area contributed by atoms with Gasteiger partial charge in [-0.3, -0.25) is 0 Å². The Bertz CT molecular complexity index is 823. The lowest BCUT2D eigenvalue weighted by Gasteiger charge is -2.06. The fourth-order valence-electron chi connectivity index (χ4n) is 2.33. The zero-order chi connectivity index (χ0) is 17.0. The summed E-state index contributed by atoms with van der Waals surface area (Å²) in [5, 5.41) is 5.01. The van der Waals surface area contributed by atoms with E-state index in [0.717, 1.165) is 16.8 Å². The zero-order valence-corrected chi connectivity index (χ0v) is 13.6. The SMILES string of the molecule is CC.COC(=O)c1cc(C)cc2c1cnn2-c1ccc(F)cc1. The van der Waals surface area contributed by atoms with Crippen molar-refractivity contribution in [2.45, 2.75) is 20.8 Å². The van der Waals surface area contributed by atoms with Gasteiger partial charge in [-0.25, -0.2) is 13.9 Å². The standard InChI is InChI=1S/C16H13FN2O2.C2H6/c1-10-7-13(16(20)21-2)14-9-18-19(15(14)8-10)12-5-3-11(17)4-6-12;1-2/h3-9H,1-2H3;1-2H3. The summed E-state index contributed by atoms with van der Waals surface area (Å²) in [6.45, 7) is 5.90. The molecule has 0 spiro atoms. The van der Waals surface area contributed by atoms with Gasteiger partial charge in [-0.1, -0.05) is 13.8 Å². The average molecular weight is 314 g/mol. The number of hydrogen-bond acceptors (Lipinski definition) is 3. The van der Waals surface area contributed by atoms with Crippen molar-refractivity contribution in [2.75, 3.05) is 7.11 Å². The Labute approximate surface area is 134 Å². The number of halogens is 1. The van der Waals surface area contributed by atoms with Gasteiger partial charge in [0.2, 0.25) is 0 Å². The van der Waals surface area contributed by atoms with Gasteiger partial charge in [0.05, 0.1) is 30.1 Å². The smallest absolute Gasteiger partial charge is 0.338 e. The van der Waals surface area contributed by atoms with Crippen molar-refractivity contribution in [2.24, 2.45) is 0 Å². The number of ether oxygens (including phenoxy) is 1. The summed E-state index contributed by atoms with van der Waals surface area (Å²) in [4.78, 5) is 11.9. The molecular formula is C18H19FN2O2. The molecule has 23 heavy (non-hydrogen) atoms. The Morgan fingerprint density at radius 3 is 2.43 bits per heavy atom. The predicted octanol–water partition coefficient (Wildman–Crippen LogP) is 4.29. The van der Waals surface area contributed by atoms with Gasteiger partial charge in [-0.05, 0) is 48.9 Å². The van der Waals surface area contributed by atoms with E-state index in [0.29, 0.717) is 10.9 Å². The highest BCUT2D eigenvalue weighted by Gasteiger charge is 2.15. The molecule has 0 aliphatic carbocycles. The minimum atomic E-state index is -0.401. The number of hydrogen-bond donors (Lipinski definition) is 0. The molecule has 0 aliphatic heterocycles. The van der Waals surface area contributed by atoms with Gasteiger partial charge in [0.25, 0.3) is 0 Å². The van der Waals surface area contributed by atoms with Crippen molar-refractivity contribution in [3.8, 4) is 5.69 Å². The van der Waals surface area contributed by atoms with E-state index in [1.807, 2.05) is 26.8 Å². The van der Waals surface area contributed by atoms with Crippen molar-refractivity contribution < 1.29 is 13.9 Å². The number of rotatable bonds is 2. The van der Waals surface area contributed by atoms with E-state index >= 15 is 0 Å². The van der Waals surface area contributed by atoms with Crippen molar-refractivity contribution in [3.63, 3.8) is 0 Å². The van der Waals surface area contributed by atoms with E-state index in [-0.39, 0.29) is 5.82 Å². The first-order valence-corrected chi connectivity index (χ1v) is 7.43. The van der Waals surface area contributed by atoms with Crippen LogP contribution in [0.1, 0.15) is 29.8 Å². The third kappa shape index (κ3) is 3.23. The molecule has 0 amide bonds. The number of aromatic nitrogens is 2. The Balaban J connectivity index is 0.000000924. The fourth-order valence-corrected chi connectivity index (χ4v) is 2.33. The van der Waals surface area contributed by atoms with Gasteiger partial charge < -0.3 is 4.74 Å². The first kappa shape index (κ1) is 16.7. The van der Waals surface area contributed by atoms with E-state index in [1.165, 1.54) is 19.2 Å². The molecule has 0 N–H and O–H groups in total. The van der Waals surface area contributed by atoms with Crippen LogP contribution in [0.2, 0.25) is 0 Å². The van der Waals surface area contributed by atoms with Crippen molar-refractivity contribution in [1.29, 1.82) is 0 Å². The third-order valence-electron chi connectivity index (χ3n) is 3.31. The molecule has 0 radical (unpaired) electrons. The molecule has 1 aromatic heterocycles. The Hall–Kier alpha value is -2.69. The average Bonchev–Trinajstić information content (AvgIpc) is 2.99. The van der Waals surface area contributed by atoms with Crippen LogP contribution in [-0.2, 0) is 4.74 Å². The largest absolute Gasteiger partial charge is 0.465 e. The second-order valence-electron chi connectivity index (χ2n) is 4.77. The summed E-state index contributed by atoms with van der Waals surface area (Å²) in [6, 6.07) is 9.73. The topological polar surface area (TPSA) is 44.1 Å². The van der Waals surface area contributed by atoms with Crippen molar-refractivity contribution in [1.82, 2.24) is 9.78 Å². The Morgan fingerprint density at radius 1 is 1.17 bits per heavy atom. The van der Waals surface area contributed by atoms with Crippen LogP contribution < -0.4 is 0 Å². The summed E-state index contributed by atoms with van der Waals surface area (Å²) in [7, 11) is 1.35. The van der Waals surface area contributed by atoms with Crippen LogP contribution in [0.25, 0.3) is 16.6 Å². The van der Waals surface area contributed by atoms with Crippen LogP contribution in [0.5, 0.6) is 0 Å². The zero-order valence-electron chi connectivity index (χ0n) is 13.6. The second kappa shape index (κ2) is 7.05. The number of carbonyl (C=O) groups is 1. The van der Waals surface area contributed by atoms with Crippen molar-refractivity contribution in [3.05, 3.63) is 59.5 Å². The summed E-state index contributed by atoms with van der Waals surface area (Å²) in [6.07, 6.45) is 1.62. The summed E-state index contributed by atoms with van der Waals surface area (Å²) < 4.78 is 19.5. The van der Waals surface area contributed by atoms with Crippen LogP contribution in [0.3, 0.4) is 0 Å². The van der Waals surface area contributed by atoms with E-state index in [1.54, 1.807) is 29.1 Å². The van der Waals surface area contributed by atoms with Gasteiger partial charge in [0, 0.05) is 5.39 Å². The van der Waals surface area contributed by atoms with Gasteiger partial charge in [0.1, 0.15) is 5.82 Å². The minimum absolute atomic E-state index is 0.304. The molecule has 1 heterocycles. The predicted molar refractivity (Wildman–Crippen MR) is 88.5 cm³/mol. The molecule has 3 aromatic rings. The first-order valence-electron chi connectivity index (χ1n) is 7.43. The lowest BCUT2D eigenvalue weighted by molar-refractivity contribution is 0.0603. The molecular weight excluding hydrogens is 295 g/mol. The number of nitrogens with zero attached hydrogens (tertiary/aromatic N) is 2. The van der Waals surface area contributed by atoms with Crippen LogP contribution in [0.4, 0.5) is 4.39 Å². The molecule has 0 bridgehead atoms. The molecule has 0 saturated heterocycles. The molecule has 0 aliphatic rings. The molecule has 0 unspecified atom stereocenters. The maximum absolute atomic E-state index is 13.0. The van der Waals surface area contributed by atoms with Crippen LogP contribution >= 0.6 is 0 Å². The molecule has 0 fully saturated rings. The first-order chi connectivity index (χ1) is 11.1. The minimum Gasteiger partial charge on any atom is -0.465 e. The van der Waals surface area contributed by atoms with Gasteiger partial charge in [0.15, 0.2) is 0 Å². The number of carbonyl (C=O) groups excluding carboxylic acids is 1. The highest BCUT2D eigenvalue weighted by atomic mass is 19.1. The summed E-state index contributed by atoms with van der Waals surface area (Å²) in [5.41, 5.74) is 2.91. The lowest BCUT2D eigenvalue weighted by atomic mass is 10.1. The Morgan fingerprint density at radius 2 is 1.83 bits per heavy atom. The van der Waals surface area contributed by atoms with E-state index in [9.17, 15) is 9.18 Å². The third-order valence-corrected chi connectivity index (χ3v) is 3.31. The fraction of sp³-hybridized carbons (Fsp3) is 0.222. The maximum Gasteiger partial charge on any atom is 0.338 e. The number of methoxy groups -OCH3 is 1. The molecule has 3 rings (SSSR count). The quantitative estimate of drug-likeness (QED) is 0.663. The van der Waals surface area contributed by atoms with Crippen LogP contribution in [0, 0.1) is 12.7 Å². The molecule has 5 heteroatoms. The van der Waals surface area contributed by atoms with Gasteiger partial charge >= 0.3 is 5.97 Å². The maximum atomic E-state index is 13.0. The lowest BCUT2D eigenvalue weighted by Crippen LogP contribution is -2.03. The van der Waals surface area contributed by atoms with Crippen molar-refractivity contribution >= 4 is 16.9 Å². The second-order valence-corrected chi connectivity index (χ2v) is 4.77. The Kier molecular flexibility index (Phi) is 5.11. The normalized spacial score (nSPS) is 10.1. The molecule has 2 aromatic carbocycles. The number of fused-ring (bicyclic) bond motifs is 1. The monoisotopic (exact) mass is 314 g/mol. The highest BCUT2D eigenvalue weighted by molar-refractivity contribution is 6.04. The molecule has 120 valence electrons. The highest BCUT2D eigenvalue weighted by Crippen LogP contribution is 2.24. The van der Waals surface area contributed by atoms with Gasteiger partial charge in [-0.15, -0.1) is 0 Å².